The SMILES string of the molecule is C1=C(c2ccccc2)CCNC1.CC. The molecule has 0 saturated heterocycles. The Kier molecular flexibility index (Phi) is 5.02. The molecule has 2 rings (SSSR count). The molecule has 0 aliphatic carbocycles. The van der Waals surface area contributed by atoms with E-state index in [9.17, 15) is 0 Å². The molecule has 0 bridgehead atoms. The lowest BCUT2D eigenvalue weighted by atomic mass is 10.0. The molecule has 1 aromatic rings. The van der Waals surface area contributed by atoms with Crippen molar-refractivity contribution in [3.8, 4) is 0 Å². The first-order chi connectivity index (χ1) is 6.97. The average Bonchev–Trinajstić information content (AvgIpc) is 2.34. The van der Waals surface area contributed by atoms with Crippen LogP contribution >= 0.6 is 0 Å². The van der Waals surface area contributed by atoms with Crippen molar-refractivity contribution in [1.82, 2.24) is 5.32 Å². The molecule has 1 aliphatic heterocycles. The van der Waals surface area contributed by atoms with Crippen molar-refractivity contribution in [1.29, 1.82) is 0 Å². The zero-order valence-corrected chi connectivity index (χ0v) is 9.09. The van der Waals surface area contributed by atoms with Crippen LogP contribution in [0.3, 0.4) is 0 Å². The summed E-state index contributed by atoms with van der Waals surface area (Å²) in [5.41, 5.74) is 2.85. The van der Waals surface area contributed by atoms with Gasteiger partial charge in [-0.25, -0.2) is 0 Å². The Balaban J connectivity index is 0.000000461. The lowest BCUT2D eigenvalue weighted by molar-refractivity contribution is 0.738. The largest absolute Gasteiger partial charge is 0.313 e. The highest BCUT2D eigenvalue weighted by molar-refractivity contribution is 5.66. The molecule has 0 saturated carbocycles. The minimum atomic E-state index is 1.02. The molecule has 76 valence electrons. The fourth-order valence-electron chi connectivity index (χ4n) is 1.54. The van der Waals surface area contributed by atoms with Gasteiger partial charge in [-0.3, -0.25) is 0 Å². The van der Waals surface area contributed by atoms with Crippen LogP contribution in [0.1, 0.15) is 25.8 Å². The number of rotatable bonds is 1. The molecule has 0 aromatic heterocycles. The van der Waals surface area contributed by atoms with Crippen molar-refractivity contribution in [2.75, 3.05) is 13.1 Å². The third kappa shape index (κ3) is 3.00. The van der Waals surface area contributed by atoms with E-state index in [2.05, 4.69) is 41.7 Å². The molecule has 1 aromatic carbocycles. The highest BCUT2D eigenvalue weighted by Gasteiger charge is 2.03. The number of hydrogen-bond donors (Lipinski definition) is 1. The molecule has 1 nitrogen and oxygen atoms in total. The van der Waals surface area contributed by atoms with Crippen LogP contribution < -0.4 is 5.32 Å². The van der Waals surface area contributed by atoms with Crippen LogP contribution in [0, 0.1) is 0 Å². The summed E-state index contributed by atoms with van der Waals surface area (Å²) in [6.45, 7) is 6.13. The monoisotopic (exact) mass is 189 g/mol. The fraction of sp³-hybridized carbons (Fsp3) is 0.385. The van der Waals surface area contributed by atoms with Gasteiger partial charge in [0.15, 0.2) is 0 Å². The Morgan fingerprint density at radius 1 is 1.07 bits per heavy atom. The van der Waals surface area contributed by atoms with Gasteiger partial charge in [-0.2, -0.15) is 0 Å². The van der Waals surface area contributed by atoms with Crippen LogP contribution in [0.15, 0.2) is 36.4 Å². The van der Waals surface area contributed by atoms with E-state index in [4.69, 9.17) is 0 Å². The summed E-state index contributed by atoms with van der Waals surface area (Å²) in [6.07, 6.45) is 3.43. The van der Waals surface area contributed by atoms with Crippen molar-refractivity contribution in [2.24, 2.45) is 0 Å². The van der Waals surface area contributed by atoms with Crippen molar-refractivity contribution in [2.45, 2.75) is 20.3 Å². The fourth-order valence-corrected chi connectivity index (χ4v) is 1.54. The number of hydrogen-bond acceptors (Lipinski definition) is 1. The summed E-state index contributed by atoms with van der Waals surface area (Å²) in [6, 6.07) is 10.6. The normalized spacial score (nSPS) is 15.1. The van der Waals surface area contributed by atoms with Crippen LogP contribution in [-0.4, -0.2) is 13.1 Å². The molecule has 0 unspecified atom stereocenters. The Labute approximate surface area is 86.8 Å². The molecule has 1 heteroatoms. The van der Waals surface area contributed by atoms with E-state index in [1.54, 1.807) is 0 Å². The standard InChI is InChI=1S/C11H13N.C2H6/c1-2-4-10(5-3-1)11-6-8-12-9-7-11;1-2/h1-6,12H,7-9H2;1-2H3. The van der Waals surface area contributed by atoms with E-state index >= 15 is 0 Å². The van der Waals surface area contributed by atoms with E-state index in [1.807, 2.05) is 13.8 Å². The van der Waals surface area contributed by atoms with Gasteiger partial charge in [0.1, 0.15) is 0 Å². The van der Waals surface area contributed by atoms with Gasteiger partial charge in [-0.05, 0) is 24.1 Å². The van der Waals surface area contributed by atoms with Gasteiger partial charge in [0, 0.05) is 6.54 Å². The van der Waals surface area contributed by atoms with Gasteiger partial charge in [0.2, 0.25) is 0 Å². The summed E-state index contributed by atoms with van der Waals surface area (Å²) < 4.78 is 0. The Hall–Kier alpha value is -1.08. The second-order valence-electron chi connectivity index (χ2n) is 3.05. The van der Waals surface area contributed by atoms with E-state index in [1.165, 1.54) is 11.1 Å². The van der Waals surface area contributed by atoms with E-state index in [0.717, 1.165) is 19.5 Å². The van der Waals surface area contributed by atoms with Gasteiger partial charge in [0.25, 0.3) is 0 Å². The smallest absolute Gasteiger partial charge is 0.0140 e. The summed E-state index contributed by atoms with van der Waals surface area (Å²) in [5, 5.41) is 3.31. The summed E-state index contributed by atoms with van der Waals surface area (Å²) in [4.78, 5) is 0. The first-order valence-electron chi connectivity index (χ1n) is 5.42. The molecule has 1 N–H and O–H groups in total. The van der Waals surface area contributed by atoms with Crippen LogP contribution in [-0.2, 0) is 0 Å². The second kappa shape index (κ2) is 6.39. The maximum atomic E-state index is 3.31. The minimum absolute atomic E-state index is 1.02. The molecule has 0 fully saturated rings. The summed E-state index contributed by atoms with van der Waals surface area (Å²) in [7, 11) is 0. The first kappa shape index (κ1) is 11.0. The summed E-state index contributed by atoms with van der Waals surface area (Å²) >= 11 is 0. The second-order valence-corrected chi connectivity index (χ2v) is 3.05. The van der Waals surface area contributed by atoms with E-state index in [-0.39, 0.29) is 0 Å². The Morgan fingerprint density at radius 3 is 2.36 bits per heavy atom. The molecule has 0 amide bonds. The first-order valence-corrected chi connectivity index (χ1v) is 5.42. The maximum absolute atomic E-state index is 3.31. The van der Waals surface area contributed by atoms with Gasteiger partial charge >= 0.3 is 0 Å². The maximum Gasteiger partial charge on any atom is 0.0140 e. The average molecular weight is 189 g/mol. The zero-order valence-electron chi connectivity index (χ0n) is 9.09. The minimum Gasteiger partial charge on any atom is -0.313 e. The van der Waals surface area contributed by atoms with Gasteiger partial charge < -0.3 is 5.32 Å². The van der Waals surface area contributed by atoms with Gasteiger partial charge in [-0.15, -0.1) is 0 Å². The van der Waals surface area contributed by atoms with Crippen LogP contribution in [0.4, 0.5) is 0 Å². The van der Waals surface area contributed by atoms with Crippen molar-refractivity contribution in [3.63, 3.8) is 0 Å². The number of benzene rings is 1. The predicted octanol–water partition coefficient (Wildman–Crippen LogP) is 3.09. The Bertz CT molecular complexity index is 275. The molecular weight excluding hydrogens is 170 g/mol. The zero-order chi connectivity index (χ0) is 10.2. The van der Waals surface area contributed by atoms with Crippen molar-refractivity contribution in [3.05, 3.63) is 42.0 Å². The van der Waals surface area contributed by atoms with Crippen molar-refractivity contribution < 1.29 is 0 Å². The van der Waals surface area contributed by atoms with Crippen LogP contribution in [0.5, 0.6) is 0 Å². The van der Waals surface area contributed by atoms with Crippen LogP contribution in [0.2, 0.25) is 0 Å². The molecule has 1 aliphatic rings. The highest BCUT2D eigenvalue weighted by atomic mass is 14.8. The summed E-state index contributed by atoms with van der Waals surface area (Å²) in [5.74, 6) is 0. The quantitative estimate of drug-likeness (QED) is 0.716. The lowest BCUT2D eigenvalue weighted by Gasteiger charge is -2.13. The molecule has 14 heavy (non-hydrogen) atoms. The van der Waals surface area contributed by atoms with Gasteiger partial charge in [0.05, 0.1) is 0 Å². The third-order valence-corrected chi connectivity index (χ3v) is 2.21. The van der Waals surface area contributed by atoms with E-state index in [0.29, 0.717) is 0 Å². The molecule has 0 spiro atoms. The lowest BCUT2D eigenvalue weighted by Crippen LogP contribution is -2.19. The highest BCUT2D eigenvalue weighted by Crippen LogP contribution is 2.18. The van der Waals surface area contributed by atoms with E-state index < -0.39 is 0 Å². The Morgan fingerprint density at radius 2 is 1.79 bits per heavy atom. The molecule has 0 atom stereocenters. The van der Waals surface area contributed by atoms with Gasteiger partial charge in [-0.1, -0.05) is 50.3 Å². The van der Waals surface area contributed by atoms with Crippen molar-refractivity contribution >= 4 is 5.57 Å². The molecule has 0 radical (unpaired) electrons. The third-order valence-electron chi connectivity index (χ3n) is 2.21. The molecular formula is C13H19N. The predicted molar refractivity (Wildman–Crippen MR) is 63.3 cm³/mol. The molecule has 1 heterocycles. The topological polar surface area (TPSA) is 12.0 Å². The number of nitrogens with one attached hydrogen (secondary N) is 1. The van der Waals surface area contributed by atoms with Crippen LogP contribution in [0.25, 0.3) is 5.57 Å².